The van der Waals surface area contributed by atoms with E-state index >= 15 is 0 Å². The molecule has 0 fully saturated rings. The first-order valence-corrected chi connectivity index (χ1v) is 4.21. The summed E-state index contributed by atoms with van der Waals surface area (Å²) in [6.07, 6.45) is 1.55. The molecule has 6 heteroatoms. The second kappa shape index (κ2) is 4.94. The molecule has 0 amide bonds. The summed E-state index contributed by atoms with van der Waals surface area (Å²) in [5.74, 6) is 0.222. The van der Waals surface area contributed by atoms with Crippen molar-refractivity contribution in [2.45, 2.75) is 0 Å². The molecule has 1 N–H and O–H groups in total. The minimum atomic E-state index is -0.488. The summed E-state index contributed by atoms with van der Waals surface area (Å²) in [7, 11) is 3.06. The van der Waals surface area contributed by atoms with Gasteiger partial charge in [-0.15, -0.1) is 0 Å². The maximum absolute atomic E-state index is 10.6. The summed E-state index contributed by atoms with van der Waals surface area (Å²) >= 11 is 0. The Bertz CT molecular complexity index is 390. The summed E-state index contributed by atoms with van der Waals surface area (Å²) in [5.41, 5.74) is 3.26. The van der Waals surface area contributed by atoms with E-state index in [2.05, 4.69) is 10.5 Å². The molecule has 0 aromatic heterocycles. The molecular formula is C9H11N3O3. The lowest BCUT2D eigenvalue weighted by atomic mass is 10.2. The lowest BCUT2D eigenvalue weighted by molar-refractivity contribution is -0.385. The van der Waals surface area contributed by atoms with E-state index in [1.54, 1.807) is 25.4 Å². The third kappa shape index (κ3) is 2.67. The standard InChI is InChI=1S/C9H11N3O3/c1-10-11-6-7-3-4-8(12(13)14)9(5-7)15-2/h3-6,10H,1-2H3. The number of nitrogens with one attached hydrogen (secondary N) is 1. The van der Waals surface area contributed by atoms with Crippen LogP contribution in [0.15, 0.2) is 23.3 Å². The molecule has 0 bridgehead atoms. The Morgan fingerprint density at radius 1 is 1.60 bits per heavy atom. The highest BCUT2D eigenvalue weighted by Crippen LogP contribution is 2.26. The first kappa shape index (κ1) is 11.0. The number of benzene rings is 1. The van der Waals surface area contributed by atoms with Crippen molar-refractivity contribution in [2.24, 2.45) is 5.10 Å². The van der Waals surface area contributed by atoms with Crippen LogP contribution in [0.1, 0.15) is 5.56 Å². The predicted octanol–water partition coefficient (Wildman–Crippen LogP) is 1.16. The Hall–Kier alpha value is -2.11. The van der Waals surface area contributed by atoms with E-state index in [-0.39, 0.29) is 11.4 Å². The van der Waals surface area contributed by atoms with Gasteiger partial charge < -0.3 is 10.2 Å². The molecule has 1 aromatic carbocycles. The van der Waals surface area contributed by atoms with Gasteiger partial charge in [0.15, 0.2) is 5.75 Å². The van der Waals surface area contributed by atoms with Gasteiger partial charge in [-0.1, -0.05) is 0 Å². The van der Waals surface area contributed by atoms with Gasteiger partial charge in [-0.2, -0.15) is 5.10 Å². The molecule has 0 spiro atoms. The number of hydrogen-bond donors (Lipinski definition) is 1. The van der Waals surface area contributed by atoms with Gasteiger partial charge in [0.1, 0.15) is 0 Å². The van der Waals surface area contributed by atoms with Gasteiger partial charge in [-0.3, -0.25) is 10.1 Å². The molecule has 1 aromatic rings. The fourth-order valence-corrected chi connectivity index (χ4v) is 1.06. The molecule has 80 valence electrons. The highest BCUT2D eigenvalue weighted by atomic mass is 16.6. The summed E-state index contributed by atoms with van der Waals surface area (Å²) in [5, 5.41) is 14.4. The fraction of sp³-hybridized carbons (Fsp3) is 0.222. The molecule has 6 nitrogen and oxygen atoms in total. The van der Waals surface area contributed by atoms with Crippen molar-refractivity contribution in [1.82, 2.24) is 5.43 Å². The second-order valence-corrected chi connectivity index (χ2v) is 2.67. The van der Waals surface area contributed by atoms with Crippen LogP contribution in [0.5, 0.6) is 5.75 Å². The highest BCUT2D eigenvalue weighted by molar-refractivity contribution is 5.81. The van der Waals surface area contributed by atoms with Crippen molar-refractivity contribution in [1.29, 1.82) is 0 Å². The zero-order valence-corrected chi connectivity index (χ0v) is 8.43. The van der Waals surface area contributed by atoms with Gasteiger partial charge in [0, 0.05) is 13.1 Å². The maximum atomic E-state index is 10.6. The zero-order valence-electron chi connectivity index (χ0n) is 8.43. The first-order chi connectivity index (χ1) is 7.19. The van der Waals surface area contributed by atoms with Crippen molar-refractivity contribution >= 4 is 11.9 Å². The van der Waals surface area contributed by atoms with Crippen molar-refractivity contribution in [3.8, 4) is 5.75 Å². The third-order valence-corrected chi connectivity index (χ3v) is 1.74. The number of hydrogen-bond acceptors (Lipinski definition) is 5. The number of nitro benzene ring substituents is 1. The molecule has 0 aliphatic carbocycles. The second-order valence-electron chi connectivity index (χ2n) is 2.67. The molecule has 0 aliphatic rings. The van der Waals surface area contributed by atoms with Crippen LogP contribution in [-0.2, 0) is 0 Å². The smallest absolute Gasteiger partial charge is 0.310 e. The number of nitro groups is 1. The van der Waals surface area contributed by atoms with Crippen LogP contribution in [0.3, 0.4) is 0 Å². The Kier molecular flexibility index (Phi) is 3.61. The van der Waals surface area contributed by atoms with Crippen molar-refractivity contribution in [2.75, 3.05) is 14.2 Å². The maximum Gasteiger partial charge on any atom is 0.310 e. The third-order valence-electron chi connectivity index (χ3n) is 1.74. The predicted molar refractivity (Wildman–Crippen MR) is 56.3 cm³/mol. The molecular weight excluding hydrogens is 198 g/mol. The fourth-order valence-electron chi connectivity index (χ4n) is 1.06. The van der Waals surface area contributed by atoms with Gasteiger partial charge in [0.25, 0.3) is 0 Å². The van der Waals surface area contributed by atoms with Crippen LogP contribution in [-0.4, -0.2) is 25.3 Å². The average Bonchev–Trinajstić information content (AvgIpc) is 2.25. The number of nitrogens with zero attached hydrogens (tertiary/aromatic N) is 2. The van der Waals surface area contributed by atoms with Gasteiger partial charge in [0.2, 0.25) is 0 Å². The Labute approximate surface area is 86.7 Å². The van der Waals surface area contributed by atoms with Crippen LogP contribution in [0.4, 0.5) is 5.69 Å². The van der Waals surface area contributed by atoms with E-state index in [9.17, 15) is 10.1 Å². The highest BCUT2D eigenvalue weighted by Gasteiger charge is 2.13. The van der Waals surface area contributed by atoms with E-state index in [1.807, 2.05) is 0 Å². The van der Waals surface area contributed by atoms with Crippen molar-refractivity contribution in [3.05, 3.63) is 33.9 Å². The Balaban J connectivity index is 3.07. The normalized spacial score (nSPS) is 10.3. The van der Waals surface area contributed by atoms with Crippen LogP contribution in [0, 0.1) is 10.1 Å². The van der Waals surface area contributed by atoms with E-state index in [1.165, 1.54) is 13.2 Å². The van der Waals surface area contributed by atoms with E-state index in [0.717, 1.165) is 5.56 Å². The largest absolute Gasteiger partial charge is 0.490 e. The summed E-state index contributed by atoms with van der Waals surface area (Å²) < 4.78 is 4.90. The van der Waals surface area contributed by atoms with Gasteiger partial charge in [-0.05, 0) is 17.7 Å². The first-order valence-electron chi connectivity index (χ1n) is 4.21. The van der Waals surface area contributed by atoms with Crippen molar-refractivity contribution in [3.63, 3.8) is 0 Å². The summed E-state index contributed by atoms with van der Waals surface area (Å²) in [6, 6.07) is 4.54. The monoisotopic (exact) mass is 209 g/mol. The molecule has 0 heterocycles. The molecule has 1 rings (SSSR count). The summed E-state index contributed by atoms with van der Waals surface area (Å²) in [6.45, 7) is 0. The lowest BCUT2D eigenvalue weighted by Crippen LogP contribution is -1.97. The average molecular weight is 209 g/mol. The molecule has 0 atom stereocenters. The van der Waals surface area contributed by atoms with Crippen molar-refractivity contribution < 1.29 is 9.66 Å². The Morgan fingerprint density at radius 2 is 2.33 bits per heavy atom. The number of methoxy groups -OCH3 is 1. The van der Waals surface area contributed by atoms with E-state index < -0.39 is 4.92 Å². The number of hydrazone groups is 1. The topological polar surface area (TPSA) is 76.8 Å². The molecule has 0 saturated heterocycles. The number of ether oxygens (including phenoxy) is 1. The molecule has 0 saturated carbocycles. The minimum Gasteiger partial charge on any atom is -0.490 e. The molecule has 15 heavy (non-hydrogen) atoms. The van der Waals surface area contributed by atoms with Crippen LogP contribution in [0.2, 0.25) is 0 Å². The van der Waals surface area contributed by atoms with Crippen LogP contribution in [0.25, 0.3) is 0 Å². The summed E-state index contributed by atoms with van der Waals surface area (Å²) in [4.78, 5) is 10.1. The number of rotatable bonds is 4. The molecule has 0 aliphatic heterocycles. The van der Waals surface area contributed by atoms with Gasteiger partial charge >= 0.3 is 5.69 Å². The Morgan fingerprint density at radius 3 is 2.87 bits per heavy atom. The molecule has 0 unspecified atom stereocenters. The quantitative estimate of drug-likeness (QED) is 0.458. The van der Waals surface area contributed by atoms with Gasteiger partial charge in [0.05, 0.1) is 18.2 Å². The SMILES string of the molecule is CNN=Cc1ccc([N+](=O)[O-])c(OC)c1. The lowest BCUT2D eigenvalue weighted by Gasteiger charge is -2.01. The minimum absolute atomic E-state index is 0.0564. The van der Waals surface area contributed by atoms with Gasteiger partial charge in [-0.25, -0.2) is 0 Å². The molecule has 0 radical (unpaired) electrons. The zero-order chi connectivity index (χ0) is 11.3. The van der Waals surface area contributed by atoms with E-state index in [0.29, 0.717) is 0 Å². The van der Waals surface area contributed by atoms with Crippen LogP contribution >= 0.6 is 0 Å². The van der Waals surface area contributed by atoms with Crippen LogP contribution < -0.4 is 10.2 Å². The van der Waals surface area contributed by atoms with E-state index in [4.69, 9.17) is 4.74 Å².